The molecule has 0 bridgehead atoms. The van der Waals surface area contributed by atoms with Gasteiger partial charge in [0.1, 0.15) is 0 Å². The second-order valence-electron chi connectivity index (χ2n) is 5.32. The van der Waals surface area contributed by atoms with Crippen LogP contribution in [0.1, 0.15) is 23.1 Å². The van der Waals surface area contributed by atoms with Crippen LogP contribution in [0.4, 0.5) is 0 Å². The first-order valence-electron chi connectivity index (χ1n) is 7.39. The van der Waals surface area contributed by atoms with Gasteiger partial charge in [-0.25, -0.2) is 0 Å². The molecule has 0 aliphatic carbocycles. The molecule has 0 amide bonds. The molecule has 3 N–H and O–H groups in total. The van der Waals surface area contributed by atoms with Crippen LogP contribution < -0.4 is 5.73 Å². The van der Waals surface area contributed by atoms with Gasteiger partial charge in [-0.2, -0.15) is 0 Å². The molecule has 1 atom stereocenters. The van der Waals surface area contributed by atoms with Gasteiger partial charge in [0, 0.05) is 22.2 Å². The standard InChI is InChI=1S/C17H15Cl2N3OS/c18-13-7-6-12(14(19)9-13)10-24-17-22-21-16(23-17)15(20)8-11-4-2-1-3-5-11/h1-7,9,15H,8,10,20H2/p+1. The van der Waals surface area contributed by atoms with Crippen molar-refractivity contribution >= 4 is 35.0 Å². The Balaban J connectivity index is 1.61. The molecular weight excluding hydrogens is 365 g/mol. The molecule has 1 heterocycles. The molecule has 2 aromatic carbocycles. The second-order valence-corrected chi connectivity index (χ2v) is 7.09. The topological polar surface area (TPSA) is 66.6 Å². The maximum atomic E-state index is 6.17. The highest BCUT2D eigenvalue weighted by atomic mass is 35.5. The predicted molar refractivity (Wildman–Crippen MR) is 96.1 cm³/mol. The molecule has 1 unspecified atom stereocenters. The third-order valence-electron chi connectivity index (χ3n) is 3.46. The van der Waals surface area contributed by atoms with Crippen LogP contribution in [0, 0.1) is 0 Å². The Labute approximate surface area is 154 Å². The van der Waals surface area contributed by atoms with E-state index in [-0.39, 0.29) is 6.04 Å². The van der Waals surface area contributed by atoms with Crippen molar-refractivity contribution in [1.29, 1.82) is 0 Å². The Morgan fingerprint density at radius 3 is 2.62 bits per heavy atom. The van der Waals surface area contributed by atoms with Crippen LogP contribution >= 0.6 is 35.0 Å². The highest BCUT2D eigenvalue weighted by molar-refractivity contribution is 7.98. The van der Waals surface area contributed by atoms with Crippen molar-refractivity contribution in [2.75, 3.05) is 0 Å². The summed E-state index contributed by atoms with van der Waals surface area (Å²) in [5.41, 5.74) is 6.28. The average Bonchev–Trinajstić information content (AvgIpc) is 3.04. The maximum Gasteiger partial charge on any atom is 0.277 e. The first-order chi connectivity index (χ1) is 11.6. The van der Waals surface area contributed by atoms with E-state index in [0.717, 1.165) is 12.0 Å². The smallest absolute Gasteiger partial charge is 0.277 e. The summed E-state index contributed by atoms with van der Waals surface area (Å²) in [6.45, 7) is 0. The van der Waals surface area contributed by atoms with E-state index < -0.39 is 0 Å². The number of quaternary nitrogens is 1. The number of halogens is 2. The normalized spacial score (nSPS) is 12.3. The molecule has 0 fully saturated rings. The molecule has 124 valence electrons. The lowest BCUT2D eigenvalue weighted by molar-refractivity contribution is -0.431. The summed E-state index contributed by atoms with van der Waals surface area (Å²) < 4.78 is 5.71. The van der Waals surface area contributed by atoms with Gasteiger partial charge in [0.15, 0.2) is 6.04 Å². The number of rotatable bonds is 6. The fourth-order valence-electron chi connectivity index (χ4n) is 2.21. The minimum atomic E-state index is -0.0756. The lowest BCUT2D eigenvalue weighted by Gasteiger charge is -2.04. The van der Waals surface area contributed by atoms with Crippen LogP contribution in [-0.2, 0) is 12.2 Å². The maximum absolute atomic E-state index is 6.17. The van der Waals surface area contributed by atoms with Crippen LogP contribution in [0.15, 0.2) is 58.2 Å². The number of hydrogen-bond donors (Lipinski definition) is 1. The van der Waals surface area contributed by atoms with Crippen molar-refractivity contribution in [2.24, 2.45) is 0 Å². The molecule has 4 nitrogen and oxygen atoms in total. The van der Waals surface area contributed by atoms with Crippen molar-refractivity contribution in [3.63, 3.8) is 0 Å². The molecule has 1 aromatic heterocycles. The summed E-state index contributed by atoms with van der Waals surface area (Å²) in [5.74, 6) is 1.18. The highest BCUT2D eigenvalue weighted by Gasteiger charge is 2.18. The first kappa shape index (κ1) is 17.3. The van der Waals surface area contributed by atoms with Gasteiger partial charge in [0.05, 0.1) is 0 Å². The minimum Gasteiger partial charge on any atom is -0.410 e. The third kappa shape index (κ3) is 4.51. The molecule has 3 aromatic rings. The number of benzene rings is 2. The average molecular weight is 381 g/mol. The summed E-state index contributed by atoms with van der Waals surface area (Å²) in [4.78, 5) is 0. The lowest BCUT2D eigenvalue weighted by atomic mass is 10.1. The van der Waals surface area contributed by atoms with Crippen molar-refractivity contribution in [3.8, 4) is 0 Å². The largest absolute Gasteiger partial charge is 0.410 e. The molecule has 7 heteroatoms. The van der Waals surface area contributed by atoms with E-state index >= 15 is 0 Å². The van der Waals surface area contributed by atoms with Gasteiger partial charge in [-0.15, -0.1) is 10.2 Å². The van der Waals surface area contributed by atoms with E-state index in [2.05, 4.69) is 28.1 Å². The quantitative estimate of drug-likeness (QED) is 0.650. The Morgan fingerprint density at radius 1 is 1.08 bits per heavy atom. The molecular formula is C17H16Cl2N3OS+. The summed E-state index contributed by atoms with van der Waals surface area (Å²) in [7, 11) is 0. The number of thioether (sulfide) groups is 1. The summed E-state index contributed by atoms with van der Waals surface area (Å²) in [6, 6.07) is 15.5. The van der Waals surface area contributed by atoms with Gasteiger partial charge in [-0.1, -0.05) is 71.4 Å². The zero-order valence-corrected chi connectivity index (χ0v) is 15.1. The lowest BCUT2D eigenvalue weighted by Crippen LogP contribution is -2.54. The van der Waals surface area contributed by atoms with Crippen molar-refractivity contribution in [1.82, 2.24) is 10.2 Å². The van der Waals surface area contributed by atoms with E-state index in [4.69, 9.17) is 27.6 Å². The molecule has 0 saturated carbocycles. The van der Waals surface area contributed by atoms with Gasteiger partial charge in [0.2, 0.25) is 0 Å². The summed E-state index contributed by atoms with van der Waals surface area (Å²) in [6.07, 6.45) is 0.760. The van der Waals surface area contributed by atoms with E-state index in [1.807, 2.05) is 30.3 Å². The van der Waals surface area contributed by atoms with Crippen LogP contribution in [0.3, 0.4) is 0 Å². The first-order valence-corrected chi connectivity index (χ1v) is 9.13. The number of hydrogen-bond acceptors (Lipinski definition) is 4. The van der Waals surface area contributed by atoms with Crippen LogP contribution in [0.5, 0.6) is 0 Å². The predicted octanol–water partition coefficient (Wildman–Crippen LogP) is 4.19. The molecule has 0 radical (unpaired) electrons. The SMILES string of the molecule is [NH3+]C(Cc1ccccc1)c1nnc(SCc2ccc(Cl)cc2Cl)o1. The van der Waals surface area contributed by atoms with Crippen molar-refractivity contribution < 1.29 is 10.2 Å². The Kier molecular flexibility index (Phi) is 5.79. The van der Waals surface area contributed by atoms with Crippen LogP contribution in [0.25, 0.3) is 0 Å². The van der Waals surface area contributed by atoms with Gasteiger partial charge >= 0.3 is 0 Å². The van der Waals surface area contributed by atoms with E-state index in [1.54, 1.807) is 6.07 Å². The second kappa shape index (κ2) is 8.03. The van der Waals surface area contributed by atoms with Crippen LogP contribution in [0.2, 0.25) is 10.0 Å². The number of nitrogens with zero attached hydrogens (tertiary/aromatic N) is 2. The zero-order valence-electron chi connectivity index (χ0n) is 12.8. The van der Waals surface area contributed by atoms with E-state index in [1.165, 1.54) is 17.3 Å². The molecule has 0 spiro atoms. The van der Waals surface area contributed by atoms with E-state index in [0.29, 0.717) is 26.9 Å². The van der Waals surface area contributed by atoms with Gasteiger partial charge in [0.25, 0.3) is 11.1 Å². The fourth-order valence-corrected chi connectivity index (χ4v) is 3.54. The van der Waals surface area contributed by atoms with Crippen LogP contribution in [-0.4, -0.2) is 10.2 Å². The molecule has 24 heavy (non-hydrogen) atoms. The van der Waals surface area contributed by atoms with Gasteiger partial charge < -0.3 is 10.2 Å². The molecule has 3 rings (SSSR count). The fraction of sp³-hybridized carbons (Fsp3) is 0.176. The highest BCUT2D eigenvalue weighted by Crippen LogP contribution is 2.28. The minimum absolute atomic E-state index is 0.0756. The van der Waals surface area contributed by atoms with Gasteiger partial charge in [-0.05, 0) is 23.3 Å². The molecule has 0 saturated heterocycles. The van der Waals surface area contributed by atoms with E-state index in [9.17, 15) is 0 Å². The zero-order chi connectivity index (χ0) is 16.9. The van der Waals surface area contributed by atoms with Crippen molar-refractivity contribution in [3.05, 3.63) is 75.6 Å². The third-order valence-corrected chi connectivity index (χ3v) is 4.92. The Hall–Kier alpha value is -1.53. The summed E-state index contributed by atoms with van der Waals surface area (Å²) in [5, 5.41) is 9.95. The Bertz CT molecular complexity index is 811. The monoisotopic (exact) mass is 380 g/mol. The molecule has 0 aliphatic heterocycles. The number of aromatic nitrogens is 2. The van der Waals surface area contributed by atoms with Crippen molar-refractivity contribution in [2.45, 2.75) is 23.4 Å². The molecule has 0 aliphatic rings. The summed E-state index contributed by atoms with van der Waals surface area (Å²) >= 11 is 13.5. The Morgan fingerprint density at radius 2 is 1.88 bits per heavy atom. The van der Waals surface area contributed by atoms with Gasteiger partial charge in [-0.3, -0.25) is 0 Å².